The van der Waals surface area contributed by atoms with Gasteiger partial charge in [0.1, 0.15) is 5.69 Å². The van der Waals surface area contributed by atoms with E-state index < -0.39 is 0 Å². The third-order valence-corrected chi connectivity index (χ3v) is 4.53. The second kappa shape index (κ2) is 6.46. The molecule has 2 heterocycles. The van der Waals surface area contributed by atoms with Gasteiger partial charge in [-0.15, -0.1) is 11.3 Å². The van der Waals surface area contributed by atoms with Crippen molar-refractivity contribution < 1.29 is 9.59 Å². The van der Waals surface area contributed by atoms with Crippen LogP contribution in [0.1, 0.15) is 20.8 Å². The van der Waals surface area contributed by atoms with Crippen molar-refractivity contribution >= 4 is 34.8 Å². The highest BCUT2D eigenvalue weighted by molar-refractivity contribution is 7.07. The van der Waals surface area contributed by atoms with Gasteiger partial charge < -0.3 is 9.80 Å². The average molecular weight is 336 g/mol. The van der Waals surface area contributed by atoms with Crippen molar-refractivity contribution in [3.8, 4) is 0 Å². The van der Waals surface area contributed by atoms with E-state index in [1.165, 1.54) is 11.3 Å². The Hall–Kier alpha value is -1.92. The van der Waals surface area contributed by atoms with Crippen molar-refractivity contribution in [1.29, 1.82) is 0 Å². The molecule has 0 radical (unpaired) electrons. The summed E-state index contributed by atoms with van der Waals surface area (Å²) in [6.07, 6.45) is 0. The number of nitrogens with zero attached hydrogens (tertiary/aromatic N) is 3. The number of hydrogen-bond donors (Lipinski definition) is 0. The summed E-state index contributed by atoms with van der Waals surface area (Å²) in [5.41, 5.74) is 2.61. The van der Waals surface area contributed by atoms with E-state index >= 15 is 0 Å². The molecule has 7 heteroatoms. The van der Waals surface area contributed by atoms with Crippen molar-refractivity contribution in [1.82, 2.24) is 14.8 Å². The molecule has 0 aliphatic carbocycles. The Kier molecular flexibility index (Phi) is 4.40. The monoisotopic (exact) mass is 335 g/mol. The van der Waals surface area contributed by atoms with E-state index in [1.54, 1.807) is 45.0 Å². The Morgan fingerprint density at radius 2 is 1.68 bits per heavy atom. The van der Waals surface area contributed by atoms with E-state index in [4.69, 9.17) is 11.6 Å². The molecule has 1 aromatic heterocycles. The van der Waals surface area contributed by atoms with Crippen molar-refractivity contribution in [2.45, 2.75) is 0 Å². The van der Waals surface area contributed by atoms with Gasteiger partial charge in [-0.25, -0.2) is 4.98 Å². The lowest BCUT2D eigenvalue weighted by atomic mass is 10.1. The largest absolute Gasteiger partial charge is 0.335 e. The predicted molar refractivity (Wildman–Crippen MR) is 85.4 cm³/mol. The molecule has 0 N–H and O–H groups in total. The summed E-state index contributed by atoms with van der Waals surface area (Å²) < 4.78 is 0. The van der Waals surface area contributed by atoms with Crippen LogP contribution in [-0.2, 0) is 0 Å². The standard InChI is InChI=1S/C15H14ClN3O2S/c16-12-4-2-1-3-11(12)14(20)18-5-7-19(8-6-18)15(21)13-9-22-10-17-13/h1-4,9-10H,5-8H2. The summed E-state index contributed by atoms with van der Waals surface area (Å²) >= 11 is 7.46. The van der Waals surface area contributed by atoms with Crippen LogP contribution >= 0.6 is 22.9 Å². The number of thiazole rings is 1. The highest BCUT2D eigenvalue weighted by atomic mass is 35.5. The molecule has 1 aliphatic heterocycles. The number of aromatic nitrogens is 1. The van der Waals surface area contributed by atoms with E-state index in [9.17, 15) is 9.59 Å². The highest BCUT2D eigenvalue weighted by Gasteiger charge is 2.26. The van der Waals surface area contributed by atoms with Gasteiger partial charge >= 0.3 is 0 Å². The fourth-order valence-electron chi connectivity index (χ4n) is 2.40. The van der Waals surface area contributed by atoms with E-state index in [-0.39, 0.29) is 11.8 Å². The third kappa shape index (κ3) is 2.98. The van der Waals surface area contributed by atoms with Crippen molar-refractivity contribution in [2.75, 3.05) is 26.2 Å². The van der Waals surface area contributed by atoms with Crippen LogP contribution in [-0.4, -0.2) is 52.8 Å². The molecule has 0 saturated carbocycles. The van der Waals surface area contributed by atoms with Crippen LogP contribution in [0.2, 0.25) is 5.02 Å². The molecular weight excluding hydrogens is 322 g/mol. The van der Waals surface area contributed by atoms with Gasteiger partial charge in [-0.2, -0.15) is 0 Å². The maximum Gasteiger partial charge on any atom is 0.273 e. The van der Waals surface area contributed by atoms with Gasteiger partial charge in [0.25, 0.3) is 11.8 Å². The molecule has 0 spiro atoms. The zero-order valence-electron chi connectivity index (χ0n) is 11.7. The predicted octanol–water partition coefficient (Wildman–Crippen LogP) is 2.39. The van der Waals surface area contributed by atoms with Gasteiger partial charge in [-0.1, -0.05) is 23.7 Å². The summed E-state index contributed by atoms with van der Waals surface area (Å²) in [5.74, 6) is -0.169. The maximum atomic E-state index is 12.5. The lowest BCUT2D eigenvalue weighted by Gasteiger charge is -2.34. The zero-order chi connectivity index (χ0) is 15.5. The van der Waals surface area contributed by atoms with Crippen LogP contribution in [0.3, 0.4) is 0 Å². The number of hydrogen-bond acceptors (Lipinski definition) is 4. The zero-order valence-corrected chi connectivity index (χ0v) is 13.3. The summed E-state index contributed by atoms with van der Waals surface area (Å²) in [6.45, 7) is 2.01. The summed E-state index contributed by atoms with van der Waals surface area (Å²) in [6, 6.07) is 7.01. The molecule has 5 nitrogen and oxygen atoms in total. The Bertz CT molecular complexity index is 682. The first-order valence-corrected chi connectivity index (χ1v) is 8.20. The minimum atomic E-state index is -0.0913. The number of amides is 2. The number of halogens is 1. The fraction of sp³-hybridized carbons (Fsp3) is 0.267. The second-order valence-corrected chi connectivity index (χ2v) is 6.06. The van der Waals surface area contributed by atoms with Gasteiger partial charge in [-0.3, -0.25) is 9.59 Å². The number of benzene rings is 1. The van der Waals surface area contributed by atoms with E-state index in [0.29, 0.717) is 42.5 Å². The van der Waals surface area contributed by atoms with Crippen molar-refractivity contribution in [2.24, 2.45) is 0 Å². The molecule has 1 saturated heterocycles. The molecule has 0 atom stereocenters. The quantitative estimate of drug-likeness (QED) is 0.846. The molecule has 1 aliphatic rings. The smallest absolute Gasteiger partial charge is 0.273 e. The molecule has 2 amide bonds. The van der Waals surface area contributed by atoms with Crippen LogP contribution in [0.25, 0.3) is 0 Å². The summed E-state index contributed by atoms with van der Waals surface area (Å²) in [7, 11) is 0. The Balaban J connectivity index is 1.63. The molecule has 1 fully saturated rings. The number of carbonyl (C=O) groups is 2. The first-order valence-electron chi connectivity index (χ1n) is 6.88. The second-order valence-electron chi connectivity index (χ2n) is 4.94. The molecule has 22 heavy (non-hydrogen) atoms. The van der Waals surface area contributed by atoms with E-state index in [1.807, 2.05) is 0 Å². The topological polar surface area (TPSA) is 53.5 Å². The van der Waals surface area contributed by atoms with E-state index in [0.717, 1.165) is 0 Å². The Labute approximate surface area is 137 Å². The lowest BCUT2D eigenvalue weighted by Crippen LogP contribution is -2.50. The summed E-state index contributed by atoms with van der Waals surface area (Å²) in [5, 5.41) is 2.19. The van der Waals surface area contributed by atoms with Gasteiger partial charge in [0, 0.05) is 31.6 Å². The maximum absolute atomic E-state index is 12.5. The van der Waals surface area contributed by atoms with Crippen molar-refractivity contribution in [3.05, 3.63) is 51.4 Å². The van der Waals surface area contributed by atoms with Crippen LogP contribution in [0, 0.1) is 0 Å². The fourth-order valence-corrected chi connectivity index (χ4v) is 3.14. The number of carbonyl (C=O) groups excluding carboxylic acids is 2. The minimum absolute atomic E-state index is 0.0777. The number of rotatable bonds is 2. The van der Waals surface area contributed by atoms with Crippen LogP contribution in [0.4, 0.5) is 0 Å². The first-order chi connectivity index (χ1) is 10.7. The number of piperazine rings is 1. The van der Waals surface area contributed by atoms with Crippen LogP contribution in [0.5, 0.6) is 0 Å². The average Bonchev–Trinajstić information content (AvgIpc) is 3.09. The summed E-state index contributed by atoms with van der Waals surface area (Å²) in [4.78, 5) is 32.1. The lowest BCUT2D eigenvalue weighted by molar-refractivity contribution is 0.0533. The normalized spacial score (nSPS) is 15.0. The van der Waals surface area contributed by atoms with Gasteiger partial charge in [0.05, 0.1) is 16.1 Å². The Morgan fingerprint density at radius 1 is 1.05 bits per heavy atom. The third-order valence-electron chi connectivity index (χ3n) is 3.61. The van der Waals surface area contributed by atoms with E-state index in [2.05, 4.69) is 4.98 Å². The molecule has 2 aromatic rings. The van der Waals surface area contributed by atoms with Crippen molar-refractivity contribution in [3.63, 3.8) is 0 Å². The van der Waals surface area contributed by atoms with Gasteiger partial charge in [0.15, 0.2) is 0 Å². The molecule has 0 bridgehead atoms. The molecule has 0 unspecified atom stereocenters. The molecule has 114 valence electrons. The van der Waals surface area contributed by atoms with Crippen LogP contribution in [0.15, 0.2) is 35.2 Å². The molecule has 1 aromatic carbocycles. The Morgan fingerprint density at radius 3 is 2.27 bits per heavy atom. The SMILES string of the molecule is O=C(c1cscn1)N1CCN(C(=O)c2ccccc2Cl)CC1. The minimum Gasteiger partial charge on any atom is -0.335 e. The van der Waals surface area contributed by atoms with Crippen LogP contribution < -0.4 is 0 Å². The van der Waals surface area contributed by atoms with Gasteiger partial charge in [-0.05, 0) is 12.1 Å². The molecular formula is C15H14ClN3O2S. The molecule has 3 rings (SSSR count). The van der Waals surface area contributed by atoms with Gasteiger partial charge in [0.2, 0.25) is 0 Å². The first kappa shape index (κ1) is 15.0. The highest BCUT2D eigenvalue weighted by Crippen LogP contribution is 2.18.